The third-order valence-electron chi connectivity index (χ3n) is 1.93. The number of hydrogen-bond donors (Lipinski definition) is 3. The molecule has 0 saturated heterocycles. The molecule has 0 radical (unpaired) electrons. The fourth-order valence-electron chi connectivity index (χ4n) is 1.17. The Labute approximate surface area is 97.5 Å². The Bertz CT molecular complexity index is 370. The molecular weight excluding hydrogens is 237 g/mol. The summed E-state index contributed by atoms with van der Waals surface area (Å²) in [5, 5.41) is 0.971. The van der Waals surface area contributed by atoms with Gasteiger partial charge in [0.1, 0.15) is 0 Å². The lowest BCUT2D eigenvalue weighted by molar-refractivity contribution is -0.121. The van der Waals surface area contributed by atoms with Gasteiger partial charge in [-0.1, -0.05) is 29.3 Å². The van der Waals surface area contributed by atoms with E-state index in [0.29, 0.717) is 15.6 Å². The van der Waals surface area contributed by atoms with Gasteiger partial charge < -0.3 is 5.73 Å². The van der Waals surface area contributed by atoms with E-state index in [4.69, 9.17) is 34.8 Å². The number of benzene rings is 1. The van der Waals surface area contributed by atoms with Crippen molar-refractivity contribution in [3.05, 3.63) is 33.8 Å². The summed E-state index contributed by atoms with van der Waals surface area (Å²) in [6.07, 6.45) is 0.0812. The van der Waals surface area contributed by atoms with Crippen LogP contribution in [0.2, 0.25) is 10.0 Å². The molecule has 0 spiro atoms. The Morgan fingerprint density at radius 3 is 2.67 bits per heavy atom. The van der Waals surface area contributed by atoms with E-state index < -0.39 is 6.04 Å². The average Bonchev–Trinajstić information content (AvgIpc) is 2.17. The first-order valence-corrected chi connectivity index (χ1v) is 5.00. The molecule has 0 aromatic heterocycles. The molecule has 6 heteroatoms. The average molecular weight is 248 g/mol. The van der Waals surface area contributed by atoms with Crippen LogP contribution in [0, 0.1) is 0 Å². The van der Waals surface area contributed by atoms with Crippen LogP contribution in [-0.2, 0) is 4.79 Å². The molecule has 82 valence electrons. The topological polar surface area (TPSA) is 81.1 Å². The summed E-state index contributed by atoms with van der Waals surface area (Å²) in [6, 6.07) is 4.46. The van der Waals surface area contributed by atoms with Crippen molar-refractivity contribution in [2.24, 2.45) is 11.6 Å². The number of halogens is 2. The van der Waals surface area contributed by atoms with E-state index in [1.807, 2.05) is 5.43 Å². The molecule has 15 heavy (non-hydrogen) atoms. The summed E-state index contributed by atoms with van der Waals surface area (Å²) in [5.41, 5.74) is 8.46. The van der Waals surface area contributed by atoms with Crippen molar-refractivity contribution in [1.29, 1.82) is 0 Å². The highest BCUT2D eigenvalue weighted by Crippen LogP contribution is 2.26. The molecule has 0 saturated carbocycles. The number of carbonyl (C=O) groups is 1. The quantitative estimate of drug-likeness (QED) is 0.429. The Morgan fingerprint density at radius 1 is 1.47 bits per heavy atom. The zero-order chi connectivity index (χ0) is 11.4. The first kappa shape index (κ1) is 12.3. The van der Waals surface area contributed by atoms with Crippen LogP contribution in [0.5, 0.6) is 0 Å². The Kier molecular flexibility index (Phi) is 4.35. The predicted molar refractivity (Wildman–Crippen MR) is 60.3 cm³/mol. The zero-order valence-corrected chi connectivity index (χ0v) is 9.35. The monoisotopic (exact) mass is 247 g/mol. The van der Waals surface area contributed by atoms with Crippen molar-refractivity contribution >= 4 is 29.1 Å². The SMILES string of the molecule is NNC(=O)CC(N)c1ccc(Cl)cc1Cl. The van der Waals surface area contributed by atoms with E-state index in [-0.39, 0.29) is 12.3 Å². The molecule has 1 aromatic carbocycles. The third-order valence-corrected chi connectivity index (χ3v) is 2.49. The summed E-state index contributed by atoms with van der Waals surface area (Å²) in [5.74, 6) is 4.61. The van der Waals surface area contributed by atoms with Crippen LogP contribution in [0.4, 0.5) is 0 Å². The lowest BCUT2D eigenvalue weighted by Crippen LogP contribution is -2.32. The molecule has 0 heterocycles. The molecular formula is C9H11Cl2N3O. The lowest BCUT2D eigenvalue weighted by atomic mass is 10.0. The van der Waals surface area contributed by atoms with Crippen LogP contribution in [-0.4, -0.2) is 5.91 Å². The van der Waals surface area contributed by atoms with Gasteiger partial charge in [0.05, 0.1) is 0 Å². The van der Waals surface area contributed by atoms with Crippen LogP contribution < -0.4 is 17.0 Å². The highest BCUT2D eigenvalue weighted by atomic mass is 35.5. The Morgan fingerprint density at radius 2 is 2.13 bits per heavy atom. The smallest absolute Gasteiger partial charge is 0.235 e. The van der Waals surface area contributed by atoms with Crippen molar-refractivity contribution in [2.45, 2.75) is 12.5 Å². The number of hydrogen-bond acceptors (Lipinski definition) is 3. The molecule has 0 aliphatic heterocycles. The summed E-state index contributed by atoms with van der Waals surface area (Å²) in [6.45, 7) is 0. The van der Waals surface area contributed by atoms with Crippen molar-refractivity contribution in [3.63, 3.8) is 0 Å². The standard InChI is InChI=1S/C9H11Cl2N3O/c10-5-1-2-6(7(11)3-5)8(12)4-9(15)14-13/h1-3,8H,4,12-13H2,(H,14,15). The van der Waals surface area contributed by atoms with Gasteiger partial charge in [-0.05, 0) is 17.7 Å². The van der Waals surface area contributed by atoms with Crippen LogP contribution in [0.25, 0.3) is 0 Å². The van der Waals surface area contributed by atoms with Gasteiger partial charge in [-0.2, -0.15) is 0 Å². The molecule has 0 fully saturated rings. The van der Waals surface area contributed by atoms with E-state index >= 15 is 0 Å². The van der Waals surface area contributed by atoms with Gasteiger partial charge in [0, 0.05) is 22.5 Å². The molecule has 4 nitrogen and oxygen atoms in total. The minimum atomic E-state index is -0.488. The molecule has 5 N–H and O–H groups in total. The number of carbonyl (C=O) groups excluding carboxylic acids is 1. The van der Waals surface area contributed by atoms with Crippen molar-refractivity contribution < 1.29 is 4.79 Å². The largest absolute Gasteiger partial charge is 0.323 e. The van der Waals surface area contributed by atoms with Crippen molar-refractivity contribution in [2.75, 3.05) is 0 Å². The maximum atomic E-state index is 11.0. The highest BCUT2D eigenvalue weighted by molar-refractivity contribution is 6.35. The first-order chi connectivity index (χ1) is 7.04. The minimum absolute atomic E-state index is 0.0812. The second kappa shape index (κ2) is 5.32. The van der Waals surface area contributed by atoms with Gasteiger partial charge >= 0.3 is 0 Å². The second-order valence-corrected chi connectivity index (χ2v) is 3.89. The molecule has 0 bridgehead atoms. The maximum absolute atomic E-state index is 11.0. The molecule has 1 amide bonds. The van der Waals surface area contributed by atoms with Crippen LogP contribution >= 0.6 is 23.2 Å². The van der Waals surface area contributed by atoms with E-state index in [1.54, 1.807) is 18.2 Å². The Balaban J connectivity index is 2.82. The molecule has 1 atom stereocenters. The third kappa shape index (κ3) is 3.35. The molecule has 1 aromatic rings. The fourth-order valence-corrected chi connectivity index (χ4v) is 1.72. The van der Waals surface area contributed by atoms with E-state index in [2.05, 4.69) is 0 Å². The molecule has 0 aliphatic rings. The number of nitrogens with one attached hydrogen (secondary N) is 1. The minimum Gasteiger partial charge on any atom is -0.323 e. The first-order valence-electron chi connectivity index (χ1n) is 4.24. The van der Waals surface area contributed by atoms with Gasteiger partial charge in [0.15, 0.2) is 0 Å². The van der Waals surface area contributed by atoms with E-state index in [1.165, 1.54) is 0 Å². The van der Waals surface area contributed by atoms with Crippen LogP contribution in [0.1, 0.15) is 18.0 Å². The number of nitrogens with two attached hydrogens (primary N) is 2. The normalized spacial score (nSPS) is 12.3. The lowest BCUT2D eigenvalue weighted by Gasteiger charge is -2.12. The summed E-state index contributed by atoms with van der Waals surface area (Å²) >= 11 is 11.7. The molecule has 1 unspecified atom stereocenters. The fraction of sp³-hybridized carbons (Fsp3) is 0.222. The molecule has 1 rings (SSSR count). The maximum Gasteiger partial charge on any atom is 0.235 e. The van der Waals surface area contributed by atoms with E-state index in [0.717, 1.165) is 0 Å². The second-order valence-electron chi connectivity index (χ2n) is 3.04. The van der Waals surface area contributed by atoms with Gasteiger partial charge in [-0.25, -0.2) is 5.84 Å². The van der Waals surface area contributed by atoms with Gasteiger partial charge in [0.25, 0.3) is 0 Å². The summed E-state index contributed by atoms with van der Waals surface area (Å²) in [4.78, 5) is 11.0. The predicted octanol–water partition coefficient (Wildman–Crippen LogP) is 1.37. The number of hydrazine groups is 1. The molecule has 0 aliphatic carbocycles. The summed E-state index contributed by atoms with van der Waals surface area (Å²) < 4.78 is 0. The number of rotatable bonds is 3. The van der Waals surface area contributed by atoms with Gasteiger partial charge in [-0.15, -0.1) is 0 Å². The summed E-state index contributed by atoms with van der Waals surface area (Å²) in [7, 11) is 0. The highest BCUT2D eigenvalue weighted by Gasteiger charge is 2.13. The number of amides is 1. The van der Waals surface area contributed by atoms with Crippen LogP contribution in [0.15, 0.2) is 18.2 Å². The van der Waals surface area contributed by atoms with Crippen molar-refractivity contribution in [1.82, 2.24) is 5.43 Å². The van der Waals surface area contributed by atoms with Crippen LogP contribution in [0.3, 0.4) is 0 Å². The van der Waals surface area contributed by atoms with Gasteiger partial charge in [0.2, 0.25) is 5.91 Å². The van der Waals surface area contributed by atoms with E-state index in [9.17, 15) is 4.79 Å². The van der Waals surface area contributed by atoms with Crippen molar-refractivity contribution in [3.8, 4) is 0 Å². The Hall–Kier alpha value is -0.810. The zero-order valence-electron chi connectivity index (χ0n) is 7.84. The van der Waals surface area contributed by atoms with Gasteiger partial charge in [-0.3, -0.25) is 10.2 Å².